The quantitative estimate of drug-likeness (QED) is 0.585. The average molecular weight is 414 g/mol. The molecule has 1 unspecified atom stereocenters. The van der Waals surface area contributed by atoms with E-state index in [1.54, 1.807) is 7.05 Å². The van der Waals surface area contributed by atoms with E-state index in [4.69, 9.17) is 4.74 Å². The highest BCUT2D eigenvalue weighted by Gasteiger charge is 2.30. The van der Waals surface area contributed by atoms with Crippen LogP contribution in [0.5, 0.6) is 0 Å². The molecule has 2 N–H and O–H groups in total. The number of carbonyl (C=O) groups is 1. The van der Waals surface area contributed by atoms with Crippen LogP contribution in [0.1, 0.15) is 38.3 Å². The van der Waals surface area contributed by atoms with Gasteiger partial charge in [-0.1, -0.05) is 12.1 Å². The SMILES string of the molecule is CN=C(NCCc1ccc(C(F)(F)F)cc1)N1CCC(NC(=O)OC(C)(C)C)C1. The van der Waals surface area contributed by atoms with Gasteiger partial charge in [0.05, 0.1) is 11.6 Å². The third-order valence-corrected chi connectivity index (χ3v) is 4.40. The number of guanidine groups is 1. The van der Waals surface area contributed by atoms with Gasteiger partial charge in [0.1, 0.15) is 5.60 Å². The number of benzene rings is 1. The van der Waals surface area contributed by atoms with Crippen LogP contribution in [-0.4, -0.2) is 55.3 Å². The van der Waals surface area contributed by atoms with E-state index in [2.05, 4.69) is 15.6 Å². The van der Waals surface area contributed by atoms with E-state index < -0.39 is 23.4 Å². The van der Waals surface area contributed by atoms with E-state index in [1.165, 1.54) is 12.1 Å². The Morgan fingerprint density at radius 2 is 1.90 bits per heavy atom. The number of ether oxygens (including phenoxy) is 1. The lowest BCUT2D eigenvalue weighted by atomic mass is 10.1. The van der Waals surface area contributed by atoms with Crippen molar-refractivity contribution in [3.8, 4) is 0 Å². The van der Waals surface area contributed by atoms with E-state index >= 15 is 0 Å². The minimum atomic E-state index is -4.32. The molecule has 0 aromatic heterocycles. The molecular weight excluding hydrogens is 385 g/mol. The van der Waals surface area contributed by atoms with Crippen LogP contribution in [0.4, 0.5) is 18.0 Å². The number of rotatable bonds is 4. The van der Waals surface area contributed by atoms with Crippen molar-refractivity contribution in [2.45, 2.75) is 51.4 Å². The van der Waals surface area contributed by atoms with Crippen LogP contribution in [0.3, 0.4) is 0 Å². The fourth-order valence-corrected chi connectivity index (χ4v) is 3.06. The van der Waals surface area contributed by atoms with Crippen LogP contribution < -0.4 is 10.6 Å². The van der Waals surface area contributed by atoms with E-state index in [1.807, 2.05) is 25.7 Å². The van der Waals surface area contributed by atoms with Gasteiger partial charge >= 0.3 is 12.3 Å². The zero-order valence-electron chi connectivity index (χ0n) is 17.3. The van der Waals surface area contributed by atoms with Gasteiger partial charge in [0.15, 0.2) is 5.96 Å². The summed E-state index contributed by atoms with van der Waals surface area (Å²) in [6.45, 7) is 7.33. The molecule has 0 radical (unpaired) electrons. The molecule has 1 aromatic carbocycles. The van der Waals surface area contributed by atoms with E-state index in [-0.39, 0.29) is 6.04 Å². The lowest BCUT2D eigenvalue weighted by Gasteiger charge is -2.23. The van der Waals surface area contributed by atoms with Crippen molar-refractivity contribution in [2.75, 3.05) is 26.7 Å². The number of likely N-dealkylation sites (tertiary alicyclic amines) is 1. The van der Waals surface area contributed by atoms with Crippen molar-refractivity contribution in [2.24, 2.45) is 4.99 Å². The van der Waals surface area contributed by atoms with Crippen LogP contribution in [0.25, 0.3) is 0 Å². The molecule has 0 bridgehead atoms. The minimum Gasteiger partial charge on any atom is -0.444 e. The zero-order valence-corrected chi connectivity index (χ0v) is 17.3. The number of alkyl halides is 3. The Balaban J connectivity index is 1.78. The van der Waals surface area contributed by atoms with Gasteiger partial charge in [-0.3, -0.25) is 4.99 Å². The Morgan fingerprint density at radius 1 is 1.24 bits per heavy atom. The van der Waals surface area contributed by atoms with Gasteiger partial charge in [0.2, 0.25) is 0 Å². The largest absolute Gasteiger partial charge is 0.444 e. The Kier molecular flexibility index (Phi) is 7.37. The molecule has 1 aliphatic heterocycles. The van der Waals surface area contributed by atoms with Gasteiger partial charge in [-0.2, -0.15) is 13.2 Å². The Hall–Kier alpha value is -2.45. The van der Waals surface area contributed by atoms with Crippen LogP contribution in [0.15, 0.2) is 29.3 Å². The molecule has 29 heavy (non-hydrogen) atoms. The summed E-state index contributed by atoms with van der Waals surface area (Å²) < 4.78 is 43.1. The first-order chi connectivity index (χ1) is 13.5. The molecule has 0 saturated carbocycles. The van der Waals surface area contributed by atoms with Crippen LogP contribution >= 0.6 is 0 Å². The molecule has 1 aliphatic rings. The molecule has 1 saturated heterocycles. The summed E-state index contributed by atoms with van der Waals surface area (Å²) in [5, 5.41) is 6.09. The first kappa shape index (κ1) is 22.8. The zero-order chi connectivity index (χ0) is 21.7. The first-order valence-corrected chi connectivity index (χ1v) is 9.59. The first-order valence-electron chi connectivity index (χ1n) is 9.59. The maximum absolute atomic E-state index is 12.6. The van der Waals surface area contributed by atoms with E-state index in [9.17, 15) is 18.0 Å². The number of hydrogen-bond acceptors (Lipinski definition) is 3. The van der Waals surface area contributed by atoms with Crippen molar-refractivity contribution in [1.82, 2.24) is 15.5 Å². The monoisotopic (exact) mass is 414 g/mol. The summed E-state index contributed by atoms with van der Waals surface area (Å²) in [6.07, 6.45) is -3.41. The number of amides is 1. The molecule has 1 atom stereocenters. The molecule has 1 fully saturated rings. The van der Waals surface area contributed by atoms with Gasteiger partial charge in [0, 0.05) is 26.7 Å². The van der Waals surface area contributed by atoms with Crippen molar-refractivity contribution >= 4 is 12.1 Å². The van der Waals surface area contributed by atoms with Gasteiger partial charge in [-0.05, 0) is 51.3 Å². The Morgan fingerprint density at radius 3 is 2.45 bits per heavy atom. The third kappa shape index (κ3) is 7.47. The average Bonchev–Trinajstić information content (AvgIpc) is 3.04. The summed E-state index contributed by atoms with van der Waals surface area (Å²) in [6, 6.07) is 5.14. The molecule has 1 amide bonds. The van der Waals surface area contributed by atoms with Gasteiger partial charge < -0.3 is 20.3 Å². The van der Waals surface area contributed by atoms with Gasteiger partial charge in [-0.15, -0.1) is 0 Å². The number of alkyl carbamates (subject to hydrolysis) is 1. The molecule has 6 nitrogen and oxygen atoms in total. The summed E-state index contributed by atoms with van der Waals surface area (Å²) in [7, 11) is 1.68. The smallest absolute Gasteiger partial charge is 0.416 e. The molecule has 9 heteroatoms. The topological polar surface area (TPSA) is 66.0 Å². The number of carbonyl (C=O) groups excluding carboxylic acids is 1. The number of aliphatic imine (C=N–C) groups is 1. The Bertz CT molecular complexity index is 712. The number of halogens is 3. The molecule has 2 rings (SSSR count). The van der Waals surface area contributed by atoms with Crippen molar-refractivity contribution < 1.29 is 22.7 Å². The molecule has 0 aliphatic carbocycles. The second kappa shape index (κ2) is 9.37. The third-order valence-electron chi connectivity index (χ3n) is 4.40. The molecule has 1 aromatic rings. The predicted octanol–water partition coefficient (Wildman–Crippen LogP) is 3.42. The minimum absolute atomic E-state index is 0.0293. The second-order valence-electron chi connectivity index (χ2n) is 8.00. The van der Waals surface area contributed by atoms with Gasteiger partial charge in [-0.25, -0.2) is 4.79 Å². The predicted molar refractivity (Wildman–Crippen MR) is 106 cm³/mol. The van der Waals surface area contributed by atoms with Gasteiger partial charge in [0.25, 0.3) is 0 Å². The van der Waals surface area contributed by atoms with Crippen LogP contribution in [-0.2, 0) is 17.3 Å². The summed E-state index contributed by atoms with van der Waals surface area (Å²) in [4.78, 5) is 18.2. The second-order valence-corrected chi connectivity index (χ2v) is 8.00. The lowest BCUT2D eigenvalue weighted by Crippen LogP contribution is -2.44. The van der Waals surface area contributed by atoms with Crippen LogP contribution in [0, 0.1) is 0 Å². The molecular formula is C20H29F3N4O2. The Labute approximate surface area is 169 Å². The highest BCUT2D eigenvalue weighted by atomic mass is 19.4. The van der Waals surface area contributed by atoms with Crippen LogP contribution in [0.2, 0.25) is 0 Å². The molecule has 162 valence electrons. The van der Waals surface area contributed by atoms with Crippen molar-refractivity contribution in [3.63, 3.8) is 0 Å². The molecule has 1 heterocycles. The number of nitrogens with one attached hydrogen (secondary N) is 2. The maximum atomic E-state index is 12.6. The van der Waals surface area contributed by atoms with E-state index in [0.29, 0.717) is 25.5 Å². The fraction of sp³-hybridized carbons (Fsp3) is 0.600. The standard InChI is InChI=1S/C20H29F3N4O2/c1-19(2,3)29-18(28)26-16-10-12-27(13-16)17(24-4)25-11-9-14-5-7-15(8-6-14)20(21,22)23/h5-8,16H,9-13H2,1-4H3,(H,24,25)(H,26,28). The van der Waals surface area contributed by atoms with E-state index in [0.717, 1.165) is 30.7 Å². The molecule has 0 spiro atoms. The summed E-state index contributed by atoms with van der Waals surface area (Å²) in [5.41, 5.74) is -0.379. The number of nitrogens with zero attached hydrogens (tertiary/aromatic N) is 2. The highest BCUT2D eigenvalue weighted by molar-refractivity contribution is 5.80. The normalized spacial score (nSPS) is 18.0. The highest BCUT2D eigenvalue weighted by Crippen LogP contribution is 2.29. The lowest BCUT2D eigenvalue weighted by molar-refractivity contribution is -0.137. The summed E-state index contributed by atoms with van der Waals surface area (Å²) in [5.74, 6) is 0.699. The number of hydrogen-bond donors (Lipinski definition) is 2. The summed E-state index contributed by atoms with van der Waals surface area (Å²) >= 11 is 0. The van der Waals surface area contributed by atoms with Crippen molar-refractivity contribution in [1.29, 1.82) is 0 Å². The fourth-order valence-electron chi connectivity index (χ4n) is 3.06. The van der Waals surface area contributed by atoms with Crippen molar-refractivity contribution in [3.05, 3.63) is 35.4 Å². The maximum Gasteiger partial charge on any atom is 0.416 e.